The van der Waals surface area contributed by atoms with Crippen LogP contribution in [0.1, 0.15) is 26.8 Å². The number of nitrogens with one attached hydrogen (secondary N) is 1. The van der Waals surface area contributed by atoms with Crippen molar-refractivity contribution < 1.29 is 0 Å². The first-order valence-electron chi connectivity index (χ1n) is 4.94. The molecule has 1 aromatic heterocycles. The van der Waals surface area contributed by atoms with Crippen LogP contribution in [-0.2, 0) is 0 Å². The maximum absolute atomic E-state index is 11.9. The first-order chi connectivity index (χ1) is 6.99. The van der Waals surface area contributed by atoms with E-state index in [2.05, 4.69) is 40.2 Å². The van der Waals surface area contributed by atoms with E-state index < -0.39 is 0 Å². The first-order valence-corrected chi connectivity index (χ1v) is 5.73. The van der Waals surface area contributed by atoms with Gasteiger partial charge in [-0.25, -0.2) is 4.68 Å². The minimum atomic E-state index is -0.0944. The number of hydrogen-bond acceptors (Lipinski definition) is 3. The lowest BCUT2D eigenvalue weighted by atomic mass is 10.1. The molecule has 1 N–H and O–H groups in total. The zero-order valence-corrected chi connectivity index (χ0v) is 11.0. The Hall–Kier alpha value is -0.840. The zero-order valence-electron chi connectivity index (χ0n) is 9.41. The van der Waals surface area contributed by atoms with Crippen molar-refractivity contribution >= 4 is 21.6 Å². The van der Waals surface area contributed by atoms with Gasteiger partial charge < -0.3 is 5.32 Å². The molecule has 0 saturated carbocycles. The summed E-state index contributed by atoms with van der Waals surface area (Å²) in [7, 11) is 1.76. The predicted octanol–water partition coefficient (Wildman–Crippen LogP) is 2.26. The van der Waals surface area contributed by atoms with Gasteiger partial charge in [-0.3, -0.25) is 4.79 Å². The number of rotatable bonds is 3. The Morgan fingerprint density at radius 3 is 2.53 bits per heavy atom. The largest absolute Gasteiger partial charge is 0.386 e. The molecule has 0 amide bonds. The van der Waals surface area contributed by atoms with Crippen molar-refractivity contribution in [3.63, 3.8) is 0 Å². The average molecular weight is 274 g/mol. The Morgan fingerprint density at radius 1 is 1.47 bits per heavy atom. The molecule has 0 aliphatic rings. The van der Waals surface area contributed by atoms with Gasteiger partial charge in [0, 0.05) is 7.05 Å². The van der Waals surface area contributed by atoms with Gasteiger partial charge in [-0.1, -0.05) is 13.8 Å². The first kappa shape index (κ1) is 12.2. The van der Waals surface area contributed by atoms with Crippen LogP contribution in [0.3, 0.4) is 0 Å². The van der Waals surface area contributed by atoms with Crippen molar-refractivity contribution in [2.24, 2.45) is 5.92 Å². The van der Waals surface area contributed by atoms with Crippen LogP contribution in [0.2, 0.25) is 0 Å². The van der Waals surface area contributed by atoms with Crippen LogP contribution in [-0.4, -0.2) is 16.8 Å². The van der Waals surface area contributed by atoms with Gasteiger partial charge in [-0.15, -0.1) is 0 Å². The molecule has 1 unspecified atom stereocenters. The van der Waals surface area contributed by atoms with Crippen molar-refractivity contribution in [3.05, 3.63) is 21.0 Å². The third-order valence-electron chi connectivity index (χ3n) is 2.56. The molecular formula is C10H16BrN3O. The summed E-state index contributed by atoms with van der Waals surface area (Å²) in [6.45, 7) is 6.13. The molecule has 0 aromatic carbocycles. The molecule has 1 heterocycles. The van der Waals surface area contributed by atoms with Crippen LogP contribution >= 0.6 is 15.9 Å². The van der Waals surface area contributed by atoms with Crippen molar-refractivity contribution in [3.8, 4) is 0 Å². The number of nitrogens with zero attached hydrogens (tertiary/aromatic N) is 2. The molecule has 0 radical (unpaired) electrons. The summed E-state index contributed by atoms with van der Waals surface area (Å²) in [4.78, 5) is 11.9. The summed E-state index contributed by atoms with van der Waals surface area (Å²) in [6, 6.07) is 0.0970. The fourth-order valence-electron chi connectivity index (χ4n) is 1.19. The van der Waals surface area contributed by atoms with Gasteiger partial charge in [-0.2, -0.15) is 5.10 Å². The number of anilines is 1. The Labute approximate surface area is 97.8 Å². The number of aromatic nitrogens is 2. The highest BCUT2D eigenvalue weighted by molar-refractivity contribution is 9.10. The van der Waals surface area contributed by atoms with Gasteiger partial charge in [0.05, 0.1) is 17.9 Å². The summed E-state index contributed by atoms with van der Waals surface area (Å²) in [5, 5.41) is 7.05. The Balaban J connectivity index is 3.24. The lowest BCUT2D eigenvalue weighted by molar-refractivity contribution is 0.360. The summed E-state index contributed by atoms with van der Waals surface area (Å²) in [6.07, 6.45) is 1.66. The third-order valence-corrected chi connectivity index (χ3v) is 3.33. The summed E-state index contributed by atoms with van der Waals surface area (Å²) in [5.74, 6) is 0.377. The quantitative estimate of drug-likeness (QED) is 0.919. The van der Waals surface area contributed by atoms with Crippen LogP contribution in [0.15, 0.2) is 15.5 Å². The van der Waals surface area contributed by atoms with E-state index >= 15 is 0 Å². The molecule has 0 aliphatic heterocycles. The highest BCUT2D eigenvalue weighted by Crippen LogP contribution is 2.18. The fourth-order valence-corrected chi connectivity index (χ4v) is 1.67. The fraction of sp³-hybridized carbons (Fsp3) is 0.600. The van der Waals surface area contributed by atoms with Crippen LogP contribution < -0.4 is 10.9 Å². The molecule has 0 fully saturated rings. The van der Waals surface area contributed by atoms with Crippen molar-refractivity contribution in [2.75, 3.05) is 12.4 Å². The summed E-state index contributed by atoms with van der Waals surface area (Å²) < 4.78 is 2.04. The smallest absolute Gasteiger partial charge is 0.283 e. The summed E-state index contributed by atoms with van der Waals surface area (Å²) >= 11 is 3.27. The Kier molecular flexibility index (Phi) is 3.90. The molecular weight excluding hydrogens is 258 g/mol. The van der Waals surface area contributed by atoms with Gasteiger partial charge in [0.15, 0.2) is 0 Å². The normalized spacial score (nSPS) is 12.9. The van der Waals surface area contributed by atoms with Gasteiger partial charge in [0.1, 0.15) is 4.47 Å². The zero-order chi connectivity index (χ0) is 11.6. The summed E-state index contributed by atoms with van der Waals surface area (Å²) in [5.41, 5.74) is 0.621. The topological polar surface area (TPSA) is 46.9 Å². The molecule has 15 heavy (non-hydrogen) atoms. The minimum absolute atomic E-state index is 0.0944. The van der Waals surface area contributed by atoms with Crippen LogP contribution in [0.25, 0.3) is 0 Å². The van der Waals surface area contributed by atoms with Gasteiger partial charge in [0.2, 0.25) is 0 Å². The van der Waals surface area contributed by atoms with E-state index in [-0.39, 0.29) is 11.6 Å². The van der Waals surface area contributed by atoms with E-state index in [1.54, 1.807) is 13.2 Å². The van der Waals surface area contributed by atoms with Crippen molar-refractivity contribution in [1.29, 1.82) is 0 Å². The van der Waals surface area contributed by atoms with E-state index in [0.717, 1.165) is 0 Å². The molecule has 0 aliphatic carbocycles. The second-order valence-corrected chi connectivity index (χ2v) is 4.65. The van der Waals surface area contributed by atoms with Gasteiger partial charge in [-0.05, 0) is 28.8 Å². The molecule has 0 bridgehead atoms. The van der Waals surface area contributed by atoms with Crippen LogP contribution in [0.5, 0.6) is 0 Å². The Bertz CT molecular complexity index is 400. The monoisotopic (exact) mass is 273 g/mol. The molecule has 1 aromatic rings. The van der Waals surface area contributed by atoms with E-state index in [0.29, 0.717) is 16.1 Å². The third kappa shape index (κ3) is 2.40. The molecule has 1 rings (SSSR count). The Morgan fingerprint density at radius 2 is 2.07 bits per heavy atom. The van der Waals surface area contributed by atoms with E-state index in [4.69, 9.17) is 0 Å². The van der Waals surface area contributed by atoms with Crippen molar-refractivity contribution in [1.82, 2.24) is 9.78 Å². The molecule has 4 nitrogen and oxygen atoms in total. The molecule has 1 atom stereocenters. The van der Waals surface area contributed by atoms with E-state index in [9.17, 15) is 4.79 Å². The standard InChI is InChI=1S/C10H16BrN3O/c1-6(2)7(3)14-10(15)9(11)8(12-4)5-13-14/h5-7,12H,1-4H3. The second-order valence-electron chi connectivity index (χ2n) is 3.86. The molecule has 5 heteroatoms. The predicted molar refractivity (Wildman–Crippen MR) is 65.3 cm³/mol. The van der Waals surface area contributed by atoms with Gasteiger partial charge >= 0.3 is 0 Å². The lowest BCUT2D eigenvalue weighted by Gasteiger charge is -2.18. The molecule has 0 spiro atoms. The number of hydrogen-bond donors (Lipinski definition) is 1. The van der Waals surface area contributed by atoms with E-state index in [1.165, 1.54) is 4.68 Å². The average Bonchev–Trinajstić information content (AvgIpc) is 2.21. The maximum atomic E-state index is 11.9. The lowest BCUT2D eigenvalue weighted by Crippen LogP contribution is -2.29. The molecule has 0 saturated heterocycles. The highest BCUT2D eigenvalue weighted by atomic mass is 79.9. The second kappa shape index (κ2) is 4.79. The number of halogens is 1. The van der Waals surface area contributed by atoms with Crippen molar-refractivity contribution in [2.45, 2.75) is 26.8 Å². The van der Waals surface area contributed by atoms with Crippen LogP contribution in [0.4, 0.5) is 5.69 Å². The maximum Gasteiger partial charge on any atom is 0.283 e. The minimum Gasteiger partial charge on any atom is -0.386 e. The van der Waals surface area contributed by atoms with Crippen LogP contribution in [0, 0.1) is 5.92 Å². The van der Waals surface area contributed by atoms with E-state index in [1.807, 2.05) is 6.92 Å². The highest BCUT2D eigenvalue weighted by Gasteiger charge is 2.15. The van der Waals surface area contributed by atoms with Gasteiger partial charge in [0.25, 0.3) is 5.56 Å². The SMILES string of the molecule is CNc1cnn(C(C)C(C)C)c(=O)c1Br. The molecule has 84 valence electrons.